The van der Waals surface area contributed by atoms with Gasteiger partial charge in [-0.15, -0.1) is 0 Å². The van der Waals surface area contributed by atoms with E-state index in [9.17, 15) is 4.79 Å². The number of nitrogens with one attached hydrogen (secondary N) is 2. The minimum Gasteiger partial charge on any atom is -0.356 e. The van der Waals surface area contributed by atoms with E-state index in [1.807, 2.05) is 13.8 Å². The first-order valence-corrected chi connectivity index (χ1v) is 5.87. The van der Waals surface area contributed by atoms with Crippen LogP contribution in [0, 0.1) is 0 Å². The van der Waals surface area contributed by atoms with E-state index in [2.05, 4.69) is 15.6 Å². The number of amidine groups is 1. The van der Waals surface area contributed by atoms with Gasteiger partial charge in [0.2, 0.25) is 5.91 Å². The molecule has 5 heteroatoms. The third-order valence-electron chi connectivity index (χ3n) is 1.65. The van der Waals surface area contributed by atoms with Crippen molar-refractivity contribution >= 4 is 22.8 Å². The minimum absolute atomic E-state index is 0.0221. The highest BCUT2D eigenvalue weighted by atomic mass is 32.2. The molecular formula is C9H17N3OS. The van der Waals surface area contributed by atoms with Crippen LogP contribution in [0.1, 0.15) is 20.3 Å². The van der Waals surface area contributed by atoms with E-state index in [1.54, 1.807) is 11.8 Å². The van der Waals surface area contributed by atoms with Gasteiger partial charge in [0.1, 0.15) is 0 Å². The van der Waals surface area contributed by atoms with Crippen molar-refractivity contribution in [3.8, 4) is 0 Å². The van der Waals surface area contributed by atoms with Crippen LogP contribution in [0.3, 0.4) is 0 Å². The standard InChI is InChI=1S/C9H17N3OS/c1-7(2)12-8(13)6-11-9-10-4-3-5-14-9/h7H,3-6H2,1-2H3,(H,10,11)(H,12,13). The summed E-state index contributed by atoms with van der Waals surface area (Å²) >= 11 is 1.68. The summed E-state index contributed by atoms with van der Waals surface area (Å²) in [5.41, 5.74) is 0. The molecule has 0 spiro atoms. The molecule has 2 N–H and O–H groups in total. The summed E-state index contributed by atoms with van der Waals surface area (Å²) < 4.78 is 0. The van der Waals surface area contributed by atoms with E-state index in [0.29, 0.717) is 6.54 Å². The fourth-order valence-electron chi connectivity index (χ4n) is 1.10. The largest absolute Gasteiger partial charge is 0.356 e. The molecule has 0 aromatic heterocycles. The number of amides is 1. The molecule has 0 atom stereocenters. The van der Waals surface area contributed by atoms with Crippen LogP contribution >= 0.6 is 11.8 Å². The summed E-state index contributed by atoms with van der Waals surface area (Å²) in [5, 5.41) is 6.74. The quantitative estimate of drug-likeness (QED) is 0.724. The average Bonchev–Trinajstić information content (AvgIpc) is 2.15. The maximum absolute atomic E-state index is 11.3. The maximum atomic E-state index is 11.3. The van der Waals surface area contributed by atoms with E-state index < -0.39 is 0 Å². The van der Waals surface area contributed by atoms with Gasteiger partial charge in [-0.25, -0.2) is 0 Å². The molecule has 0 aromatic rings. The van der Waals surface area contributed by atoms with Gasteiger partial charge in [0.25, 0.3) is 0 Å². The van der Waals surface area contributed by atoms with Crippen LogP contribution in [0.2, 0.25) is 0 Å². The van der Waals surface area contributed by atoms with Crippen LogP contribution < -0.4 is 10.6 Å². The molecule has 1 heterocycles. The molecule has 1 aliphatic heterocycles. The molecular weight excluding hydrogens is 198 g/mol. The molecule has 80 valence electrons. The molecule has 0 radical (unpaired) electrons. The number of carbonyl (C=O) groups is 1. The fourth-order valence-corrected chi connectivity index (χ4v) is 1.92. The molecule has 1 amide bonds. The normalized spacial score (nSPS) is 16.4. The molecule has 14 heavy (non-hydrogen) atoms. The minimum atomic E-state index is 0.0221. The third kappa shape index (κ3) is 4.50. The van der Waals surface area contributed by atoms with E-state index in [4.69, 9.17) is 0 Å². The predicted molar refractivity (Wildman–Crippen MR) is 60.7 cm³/mol. The van der Waals surface area contributed by atoms with Crippen molar-refractivity contribution in [2.75, 3.05) is 18.8 Å². The summed E-state index contributed by atoms with van der Waals surface area (Å²) in [5.74, 6) is 1.12. The number of rotatable bonds is 3. The molecule has 1 rings (SSSR count). The lowest BCUT2D eigenvalue weighted by Gasteiger charge is -2.13. The fraction of sp³-hybridized carbons (Fsp3) is 0.778. The highest BCUT2D eigenvalue weighted by molar-refractivity contribution is 8.13. The van der Waals surface area contributed by atoms with Crippen LogP contribution in [0.15, 0.2) is 4.99 Å². The monoisotopic (exact) mass is 215 g/mol. The molecule has 0 aliphatic carbocycles. The number of carbonyl (C=O) groups excluding carboxylic acids is 1. The Kier molecular flexibility index (Phi) is 4.79. The highest BCUT2D eigenvalue weighted by Gasteiger charge is 2.07. The Morgan fingerprint density at radius 1 is 1.64 bits per heavy atom. The number of hydrogen-bond acceptors (Lipinski definition) is 4. The molecule has 1 aliphatic rings. The van der Waals surface area contributed by atoms with Gasteiger partial charge in [-0.2, -0.15) is 0 Å². The lowest BCUT2D eigenvalue weighted by Crippen LogP contribution is -2.39. The molecule has 0 aromatic carbocycles. The van der Waals surface area contributed by atoms with Crippen LogP contribution in [0.4, 0.5) is 0 Å². The van der Waals surface area contributed by atoms with Crippen molar-refractivity contribution in [2.24, 2.45) is 4.99 Å². The highest BCUT2D eigenvalue weighted by Crippen LogP contribution is 2.09. The van der Waals surface area contributed by atoms with E-state index >= 15 is 0 Å². The van der Waals surface area contributed by atoms with Crippen molar-refractivity contribution in [1.29, 1.82) is 0 Å². The second-order valence-corrected chi connectivity index (χ2v) is 4.55. The Bertz CT molecular complexity index is 228. The SMILES string of the molecule is CC(C)NC(=O)CNC1=NCCCS1. The van der Waals surface area contributed by atoms with E-state index in [1.165, 1.54) is 0 Å². The van der Waals surface area contributed by atoms with E-state index in [0.717, 1.165) is 23.9 Å². The Morgan fingerprint density at radius 2 is 2.43 bits per heavy atom. The first-order valence-electron chi connectivity index (χ1n) is 4.89. The van der Waals surface area contributed by atoms with Gasteiger partial charge in [-0.1, -0.05) is 11.8 Å². The number of aliphatic imine (C=N–C) groups is 1. The zero-order valence-electron chi connectivity index (χ0n) is 8.67. The van der Waals surface area contributed by atoms with Crippen LogP contribution in [0.25, 0.3) is 0 Å². The third-order valence-corrected chi connectivity index (χ3v) is 2.69. The van der Waals surface area contributed by atoms with Crippen molar-refractivity contribution in [3.05, 3.63) is 0 Å². The maximum Gasteiger partial charge on any atom is 0.239 e. The molecule has 0 fully saturated rings. The molecule has 0 saturated carbocycles. The Balaban J connectivity index is 2.19. The second-order valence-electron chi connectivity index (χ2n) is 3.46. The van der Waals surface area contributed by atoms with Gasteiger partial charge in [-0.05, 0) is 20.3 Å². The van der Waals surface area contributed by atoms with E-state index in [-0.39, 0.29) is 11.9 Å². The van der Waals surface area contributed by atoms with Crippen LogP contribution in [-0.2, 0) is 4.79 Å². The Hall–Kier alpha value is -0.710. The smallest absolute Gasteiger partial charge is 0.239 e. The summed E-state index contributed by atoms with van der Waals surface area (Å²) in [6.45, 7) is 5.10. The summed E-state index contributed by atoms with van der Waals surface area (Å²) in [4.78, 5) is 15.5. The first-order chi connectivity index (χ1) is 6.68. The summed E-state index contributed by atoms with van der Waals surface area (Å²) in [6.07, 6.45) is 1.13. The first kappa shape index (κ1) is 11.4. The number of nitrogens with zero attached hydrogens (tertiary/aromatic N) is 1. The van der Waals surface area contributed by atoms with Crippen molar-refractivity contribution < 1.29 is 4.79 Å². The van der Waals surface area contributed by atoms with Gasteiger partial charge in [0, 0.05) is 18.3 Å². The zero-order chi connectivity index (χ0) is 10.4. The number of hydrogen-bond donors (Lipinski definition) is 2. The molecule has 0 unspecified atom stereocenters. The van der Waals surface area contributed by atoms with Gasteiger partial charge < -0.3 is 10.6 Å². The molecule has 0 bridgehead atoms. The summed E-state index contributed by atoms with van der Waals surface area (Å²) in [7, 11) is 0. The zero-order valence-corrected chi connectivity index (χ0v) is 9.49. The average molecular weight is 215 g/mol. The Morgan fingerprint density at radius 3 is 3.00 bits per heavy atom. The predicted octanol–water partition coefficient (Wildman–Crippen LogP) is 0.593. The van der Waals surface area contributed by atoms with Crippen molar-refractivity contribution in [1.82, 2.24) is 10.6 Å². The van der Waals surface area contributed by atoms with Crippen molar-refractivity contribution in [2.45, 2.75) is 26.3 Å². The van der Waals surface area contributed by atoms with Crippen LogP contribution in [-0.4, -0.2) is 36.0 Å². The number of thioether (sulfide) groups is 1. The van der Waals surface area contributed by atoms with Gasteiger partial charge in [-0.3, -0.25) is 9.79 Å². The van der Waals surface area contributed by atoms with Gasteiger partial charge >= 0.3 is 0 Å². The lowest BCUT2D eigenvalue weighted by molar-refractivity contribution is -0.120. The van der Waals surface area contributed by atoms with Gasteiger partial charge in [0.15, 0.2) is 5.17 Å². The Labute approximate surface area is 88.9 Å². The second kappa shape index (κ2) is 5.90. The van der Waals surface area contributed by atoms with Crippen molar-refractivity contribution in [3.63, 3.8) is 0 Å². The van der Waals surface area contributed by atoms with Crippen LogP contribution in [0.5, 0.6) is 0 Å². The summed E-state index contributed by atoms with van der Waals surface area (Å²) in [6, 6.07) is 0.199. The van der Waals surface area contributed by atoms with Gasteiger partial charge in [0.05, 0.1) is 6.54 Å². The molecule has 4 nitrogen and oxygen atoms in total. The topological polar surface area (TPSA) is 53.5 Å². The molecule has 0 saturated heterocycles. The lowest BCUT2D eigenvalue weighted by atomic mass is 10.4.